The summed E-state index contributed by atoms with van der Waals surface area (Å²) in [4.78, 5) is 64.1. The van der Waals surface area contributed by atoms with Gasteiger partial charge in [0.2, 0.25) is 11.8 Å². The van der Waals surface area contributed by atoms with Gasteiger partial charge in [-0.2, -0.15) is 5.01 Å². The number of benzene rings is 5. The van der Waals surface area contributed by atoms with Crippen molar-refractivity contribution in [1.82, 2.24) is 14.8 Å². The molecule has 6 atom stereocenters. The Morgan fingerprint density at radius 3 is 2.17 bits per heavy atom. The first-order valence-corrected chi connectivity index (χ1v) is 20.6. The smallest absolute Gasteiger partial charge is 0.260 e. The van der Waals surface area contributed by atoms with Crippen molar-refractivity contribution in [3.8, 4) is 5.75 Å². The van der Waals surface area contributed by atoms with E-state index in [9.17, 15) is 14.7 Å². The van der Waals surface area contributed by atoms with Crippen LogP contribution >= 0.6 is 0 Å². The van der Waals surface area contributed by atoms with Gasteiger partial charge in [0.25, 0.3) is 11.8 Å². The molecule has 4 fully saturated rings. The number of nitrogens with zero attached hydrogens (tertiary/aromatic N) is 3. The maximum absolute atomic E-state index is 15.6. The molecule has 3 saturated heterocycles. The van der Waals surface area contributed by atoms with E-state index in [1.807, 2.05) is 110 Å². The Labute approximate surface area is 337 Å². The van der Waals surface area contributed by atoms with Crippen LogP contribution in [-0.2, 0) is 31.1 Å². The number of hydrogen-bond acceptors (Lipinski definition) is 7. The number of piperidine rings is 1. The molecule has 1 saturated carbocycles. The fourth-order valence-electron chi connectivity index (χ4n) is 11.2. The molecule has 58 heavy (non-hydrogen) atoms. The van der Waals surface area contributed by atoms with E-state index in [1.54, 1.807) is 11.0 Å². The van der Waals surface area contributed by atoms with Gasteiger partial charge in [0.15, 0.2) is 0 Å². The maximum Gasteiger partial charge on any atom is 0.260 e. The maximum atomic E-state index is 15.6. The number of carbonyl (C=O) groups excluding carboxylic acids is 4. The zero-order valence-electron chi connectivity index (χ0n) is 32.5. The molecule has 3 aliphatic heterocycles. The minimum atomic E-state index is -1.47. The third kappa shape index (κ3) is 5.54. The Hall–Kier alpha value is -6.06. The minimum absolute atomic E-state index is 0.0179. The summed E-state index contributed by atoms with van der Waals surface area (Å²) >= 11 is 0. The molecule has 9 heteroatoms. The number of phenols is 1. The van der Waals surface area contributed by atoms with Crippen molar-refractivity contribution >= 4 is 40.1 Å². The number of allylic oxidation sites excluding steroid dienone is 2. The summed E-state index contributed by atoms with van der Waals surface area (Å²) in [5.74, 6) is -4.53. The zero-order chi connectivity index (χ0) is 39.7. The van der Waals surface area contributed by atoms with Crippen molar-refractivity contribution in [3.05, 3.63) is 155 Å². The Morgan fingerprint density at radius 2 is 1.43 bits per heavy atom. The molecular formula is C49H46N4O5. The molecule has 9 nitrogen and oxygen atoms in total. The lowest BCUT2D eigenvalue weighted by atomic mass is 9.48. The van der Waals surface area contributed by atoms with Crippen molar-refractivity contribution in [2.75, 3.05) is 18.5 Å². The second-order valence-electron chi connectivity index (χ2n) is 16.9. The van der Waals surface area contributed by atoms with E-state index in [1.165, 1.54) is 10.6 Å². The number of aromatic hydroxyl groups is 1. The largest absolute Gasteiger partial charge is 0.508 e. The van der Waals surface area contributed by atoms with Crippen molar-refractivity contribution in [2.45, 2.75) is 56.5 Å². The Bertz CT molecular complexity index is 2480. The van der Waals surface area contributed by atoms with Gasteiger partial charge in [-0.25, -0.2) is 0 Å². The van der Waals surface area contributed by atoms with Crippen LogP contribution in [0, 0.1) is 30.6 Å². The first kappa shape index (κ1) is 36.3. The monoisotopic (exact) mass is 770 g/mol. The number of hydrazine groups is 1. The highest BCUT2D eigenvalue weighted by Gasteiger charge is 2.71. The molecule has 0 spiro atoms. The van der Waals surface area contributed by atoms with Gasteiger partial charge in [-0.15, -0.1) is 0 Å². The minimum Gasteiger partial charge on any atom is -0.508 e. The molecule has 5 aliphatic rings. The van der Waals surface area contributed by atoms with E-state index in [0.717, 1.165) is 41.5 Å². The molecule has 0 aromatic heterocycles. The number of amides is 4. The summed E-state index contributed by atoms with van der Waals surface area (Å²) in [6, 6.07) is 38.5. The number of anilines is 1. The van der Waals surface area contributed by atoms with E-state index in [-0.39, 0.29) is 35.9 Å². The van der Waals surface area contributed by atoms with Crippen LogP contribution in [0.3, 0.4) is 0 Å². The molecule has 5 aromatic rings. The summed E-state index contributed by atoms with van der Waals surface area (Å²) in [6.07, 6.45) is 4.03. The second-order valence-corrected chi connectivity index (χ2v) is 16.9. The molecule has 6 unspecified atom stereocenters. The third-order valence-electron chi connectivity index (χ3n) is 13.8. The lowest BCUT2D eigenvalue weighted by molar-refractivity contribution is -0.144. The van der Waals surface area contributed by atoms with Crippen LogP contribution in [0.5, 0.6) is 5.75 Å². The van der Waals surface area contributed by atoms with Crippen LogP contribution in [0.2, 0.25) is 0 Å². The van der Waals surface area contributed by atoms with E-state index in [0.29, 0.717) is 36.1 Å². The van der Waals surface area contributed by atoms with Gasteiger partial charge in [0.05, 0.1) is 28.9 Å². The summed E-state index contributed by atoms with van der Waals surface area (Å²) in [5.41, 5.74) is 6.64. The highest BCUT2D eigenvalue weighted by atomic mass is 16.3. The molecule has 5 aromatic carbocycles. The van der Waals surface area contributed by atoms with Gasteiger partial charge in [-0.3, -0.25) is 34.4 Å². The SMILES string of the molecule is Cc1ccc(NN2C(=O)C3CC4C(=CCC5C(=O)N(C6CCN(Cc7ccccc7)CC6)C(=O)C54)C(c4c(O)ccc5ccccc45)C3(c3ccccc3)C2=O)cc1. The second kappa shape index (κ2) is 14.1. The van der Waals surface area contributed by atoms with Crippen molar-refractivity contribution in [1.29, 1.82) is 0 Å². The Morgan fingerprint density at radius 1 is 0.741 bits per heavy atom. The Balaban J connectivity index is 1.08. The molecule has 2 aliphatic carbocycles. The first-order chi connectivity index (χ1) is 28.3. The van der Waals surface area contributed by atoms with Crippen molar-refractivity contribution in [2.24, 2.45) is 23.7 Å². The fraction of sp³-hybridized carbons (Fsp3) is 0.306. The summed E-state index contributed by atoms with van der Waals surface area (Å²) < 4.78 is 0. The van der Waals surface area contributed by atoms with Crippen LogP contribution in [0.1, 0.15) is 53.9 Å². The zero-order valence-corrected chi connectivity index (χ0v) is 32.5. The average Bonchev–Trinajstić information content (AvgIpc) is 3.63. The summed E-state index contributed by atoms with van der Waals surface area (Å²) in [5, 5.41) is 14.9. The molecule has 3 heterocycles. The van der Waals surface area contributed by atoms with Crippen LogP contribution in [0.15, 0.2) is 133 Å². The normalized spacial score (nSPS) is 27.4. The fourth-order valence-corrected chi connectivity index (χ4v) is 11.2. The van der Waals surface area contributed by atoms with Crippen LogP contribution in [0.25, 0.3) is 10.8 Å². The van der Waals surface area contributed by atoms with Gasteiger partial charge in [0.1, 0.15) is 5.75 Å². The lowest BCUT2D eigenvalue weighted by Crippen LogP contribution is -2.53. The quantitative estimate of drug-likeness (QED) is 0.130. The average molecular weight is 771 g/mol. The van der Waals surface area contributed by atoms with Gasteiger partial charge in [-0.05, 0) is 78.6 Å². The van der Waals surface area contributed by atoms with Gasteiger partial charge in [0, 0.05) is 37.2 Å². The number of imide groups is 2. The third-order valence-corrected chi connectivity index (χ3v) is 13.8. The number of phenolic OH excluding ortho intramolecular Hbond substituents is 1. The molecular weight excluding hydrogens is 725 g/mol. The van der Waals surface area contributed by atoms with E-state index < -0.39 is 40.9 Å². The lowest BCUT2D eigenvalue weighted by Gasteiger charge is -2.51. The molecule has 2 N–H and O–H groups in total. The van der Waals surface area contributed by atoms with Crippen LogP contribution in [-0.4, -0.2) is 62.7 Å². The standard InChI is InChI=1S/C49H46N4O5/c1-30-16-19-34(20-17-30)50-53-46(56)40-28-39-37(21-22-38-42(39)47(57)52(45(38)55)35-24-26-51(27-25-35)29-31-10-4-2-5-11-31)44(49(40,48(53)58)33-13-6-3-7-14-33)43-36-15-9-8-12-32(36)18-23-41(43)54/h2-21,23,35,38-40,42,44,50,54H,22,24-29H2,1H3. The van der Waals surface area contributed by atoms with Crippen molar-refractivity contribution in [3.63, 3.8) is 0 Å². The van der Waals surface area contributed by atoms with Gasteiger partial charge >= 0.3 is 0 Å². The number of aryl methyl sites for hydroxylation is 1. The van der Waals surface area contributed by atoms with E-state index >= 15 is 9.59 Å². The molecule has 4 amide bonds. The highest BCUT2D eigenvalue weighted by molar-refractivity contribution is 6.13. The van der Waals surface area contributed by atoms with Crippen LogP contribution < -0.4 is 5.43 Å². The van der Waals surface area contributed by atoms with Gasteiger partial charge < -0.3 is 5.11 Å². The number of hydrogen-bond donors (Lipinski definition) is 2. The topological polar surface area (TPSA) is 110 Å². The Kier molecular flexibility index (Phi) is 8.82. The van der Waals surface area contributed by atoms with Gasteiger partial charge in [-0.1, -0.05) is 120 Å². The number of carbonyl (C=O) groups is 4. The highest BCUT2D eigenvalue weighted by Crippen LogP contribution is 2.65. The molecule has 292 valence electrons. The van der Waals surface area contributed by atoms with Crippen molar-refractivity contribution < 1.29 is 24.3 Å². The van der Waals surface area contributed by atoms with Crippen LogP contribution in [0.4, 0.5) is 5.69 Å². The molecule has 0 radical (unpaired) electrons. The number of fused-ring (bicyclic) bond motifs is 5. The van der Waals surface area contributed by atoms with E-state index in [4.69, 9.17) is 0 Å². The first-order valence-electron chi connectivity index (χ1n) is 20.6. The van der Waals surface area contributed by atoms with E-state index in [2.05, 4.69) is 28.5 Å². The molecule has 10 rings (SSSR count). The number of rotatable bonds is 7. The summed E-state index contributed by atoms with van der Waals surface area (Å²) in [7, 11) is 0. The summed E-state index contributed by atoms with van der Waals surface area (Å²) in [6.45, 7) is 4.36. The number of nitrogens with one attached hydrogen (secondary N) is 1. The predicted octanol–water partition coefficient (Wildman–Crippen LogP) is 7.50. The number of likely N-dealkylation sites (tertiary alicyclic amines) is 2. The predicted molar refractivity (Wildman–Crippen MR) is 221 cm³/mol. The molecule has 0 bridgehead atoms.